The summed E-state index contributed by atoms with van der Waals surface area (Å²) in [6.07, 6.45) is 7.64. The monoisotopic (exact) mass is 308 g/mol. The summed E-state index contributed by atoms with van der Waals surface area (Å²) in [5.74, 6) is -9.21. The highest BCUT2D eigenvalue weighted by molar-refractivity contribution is 5.24. The van der Waals surface area contributed by atoms with Crippen LogP contribution in [0, 0.1) is 29.1 Å². The van der Waals surface area contributed by atoms with E-state index in [1.165, 1.54) is 19.3 Å². The molecule has 0 aliphatic carbocycles. The zero-order valence-electron chi connectivity index (χ0n) is 12.3. The third kappa shape index (κ3) is 4.97. The number of hydrogen-bond donors (Lipinski definition) is 0. The molecule has 0 atom stereocenters. The molecule has 0 N–H and O–H groups in total. The molecule has 0 saturated carbocycles. The summed E-state index contributed by atoms with van der Waals surface area (Å²) in [6, 6.07) is 0. The van der Waals surface area contributed by atoms with E-state index in [0.29, 0.717) is 6.42 Å². The Morgan fingerprint density at radius 2 is 0.905 bits per heavy atom. The zero-order chi connectivity index (χ0) is 15.8. The maximum absolute atomic E-state index is 13.4. The highest BCUT2D eigenvalue weighted by atomic mass is 19.2. The number of halogens is 5. The first-order valence-corrected chi connectivity index (χ1v) is 7.51. The van der Waals surface area contributed by atoms with Crippen LogP contribution in [0.5, 0.6) is 0 Å². The number of hydrogen-bond acceptors (Lipinski definition) is 0. The van der Waals surface area contributed by atoms with Gasteiger partial charge in [-0.1, -0.05) is 51.9 Å². The molecule has 0 nitrogen and oxygen atoms in total. The molecule has 1 aromatic carbocycles. The standard InChI is InChI=1S/C16H21F5/c1-2-3-4-5-6-7-8-9-10-11-12(17)14(19)16(21)15(20)13(11)18/h2-10H2,1H3. The summed E-state index contributed by atoms with van der Waals surface area (Å²) in [5, 5.41) is 0. The molecule has 0 unspecified atom stereocenters. The van der Waals surface area contributed by atoms with Crippen LogP contribution < -0.4 is 0 Å². The van der Waals surface area contributed by atoms with Crippen LogP contribution >= 0.6 is 0 Å². The van der Waals surface area contributed by atoms with Gasteiger partial charge in [-0.15, -0.1) is 0 Å². The highest BCUT2D eigenvalue weighted by Crippen LogP contribution is 2.24. The fourth-order valence-electron chi connectivity index (χ4n) is 2.31. The van der Waals surface area contributed by atoms with Crippen molar-refractivity contribution < 1.29 is 22.0 Å². The molecule has 0 bridgehead atoms. The molecule has 5 heteroatoms. The molecule has 0 heterocycles. The predicted octanol–water partition coefficient (Wildman–Crippen LogP) is 6.07. The Labute approximate surface area is 122 Å². The Balaban J connectivity index is 2.43. The molecule has 0 aliphatic rings. The normalized spacial score (nSPS) is 11.1. The van der Waals surface area contributed by atoms with Gasteiger partial charge in [0.05, 0.1) is 0 Å². The number of benzene rings is 1. The SMILES string of the molecule is CCCCCCCCCCc1c(F)c(F)c(F)c(F)c1F. The summed E-state index contributed by atoms with van der Waals surface area (Å²) in [6.45, 7) is 2.13. The summed E-state index contributed by atoms with van der Waals surface area (Å²) in [7, 11) is 0. The van der Waals surface area contributed by atoms with E-state index in [-0.39, 0.29) is 6.42 Å². The lowest BCUT2D eigenvalue weighted by atomic mass is 10.0. The zero-order valence-corrected chi connectivity index (χ0v) is 12.3. The Morgan fingerprint density at radius 3 is 1.38 bits per heavy atom. The van der Waals surface area contributed by atoms with E-state index in [0.717, 1.165) is 25.7 Å². The molecule has 0 spiro atoms. The van der Waals surface area contributed by atoms with Crippen LogP contribution in [0.2, 0.25) is 0 Å². The van der Waals surface area contributed by atoms with Crippen LogP contribution in [0.15, 0.2) is 0 Å². The van der Waals surface area contributed by atoms with Crippen molar-refractivity contribution in [1.82, 2.24) is 0 Å². The second-order valence-electron chi connectivity index (χ2n) is 5.27. The van der Waals surface area contributed by atoms with Gasteiger partial charge < -0.3 is 0 Å². The molecule has 120 valence electrons. The van der Waals surface area contributed by atoms with E-state index >= 15 is 0 Å². The smallest absolute Gasteiger partial charge is 0.200 e. The third-order valence-corrected chi connectivity index (χ3v) is 3.58. The van der Waals surface area contributed by atoms with E-state index in [1.54, 1.807) is 0 Å². The van der Waals surface area contributed by atoms with Crippen molar-refractivity contribution in [1.29, 1.82) is 0 Å². The summed E-state index contributed by atoms with van der Waals surface area (Å²) < 4.78 is 65.6. The van der Waals surface area contributed by atoms with E-state index in [1.807, 2.05) is 0 Å². The van der Waals surface area contributed by atoms with Gasteiger partial charge in [-0.3, -0.25) is 0 Å². The van der Waals surface area contributed by atoms with Crippen molar-refractivity contribution in [3.8, 4) is 0 Å². The van der Waals surface area contributed by atoms with Crippen LogP contribution in [-0.2, 0) is 6.42 Å². The van der Waals surface area contributed by atoms with Crippen LogP contribution in [0.3, 0.4) is 0 Å². The Bertz CT molecular complexity index is 427. The molecule has 1 aromatic rings. The topological polar surface area (TPSA) is 0 Å². The molecule has 0 aromatic heterocycles. The lowest BCUT2D eigenvalue weighted by Crippen LogP contribution is -2.07. The van der Waals surface area contributed by atoms with Crippen molar-refractivity contribution in [2.45, 2.75) is 64.7 Å². The molecular formula is C16H21F5. The Kier molecular flexibility index (Phi) is 7.68. The average Bonchev–Trinajstić information content (AvgIpc) is 2.49. The largest absolute Gasteiger partial charge is 0.203 e. The number of unbranched alkanes of at least 4 members (excludes halogenated alkanes) is 7. The molecule has 0 amide bonds. The first-order chi connectivity index (χ1) is 10.0. The second-order valence-corrected chi connectivity index (χ2v) is 5.27. The molecule has 21 heavy (non-hydrogen) atoms. The van der Waals surface area contributed by atoms with Crippen LogP contribution in [-0.4, -0.2) is 0 Å². The molecule has 0 aliphatic heterocycles. The van der Waals surface area contributed by atoms with Gasteiger partial charge in [0.2, 0.25) is 5.82 Å². The van der Waals surface area contributed by atoms with Crippen molar-refractivity contribution in [3.63, 3.8) is 0 Å². The molecule has 0 radical (unpaired) electrons. The Hall–Kier alpha value is -1.13. The third-order valence-electron chi connectivity index (χ3n) is 3.58. The number of rotatable bonds is 9. The van der Waals surface area contributed by atoms with Crippen molar-refractivity contribution >= 4 is 0 Å². The maximum atomic E-state index is 13.4. The van der Waals surface area contributed by atoms with E-state index < -0.39 is 34.6 Å². The minimum atomic E-state index is -2.09. The first kappa shape index (κ1) is 17.9. The maximum Gasteiger partial charge on any atom is 0.200 e. The summed E-state index contributed by atoms with van der Waals surface area (Å²) in [5.41, 5.74) is -0.697. The van der Waals surface area contributed by atoms with Gasteiger partial charge in [-0.05, 0) is 12.8 Å². The van der Waals surface area contributed by atoms with Gasteiger partial charge in [-0.25, -0.2) is 22.0 Å². The minimum Gasteiger partial charge on any atom is -0.203 e. The van der Waals surface area contributed by atoms with Crippen molar-refractivity contribution in [2.75, 3.05) is 0 Å². The predicted molar refractivity (Wildman–Crippen MR) is 72.5 cm³/mol. The quantitative estimate of drug-likeness (QED) is 0.225. The molecular weight excluding hydrogens is 287 g/mol. The minimum absolute atomic E-state index is 0.124. The molecule has 0 saturated heterocycles. The van der Waals surface area contributed by atoms with Crippen LogP contribution in [0.25, 0.3) is 0 Å². The Morgan fingerprint density at radius 1 is 0.524 bits per heavy atom. The molecule has 0 fully saturated rings. The van der Waals surface area contributed by atoms with Gasteiger partial charge in [0.1, 0.15) is 0 Å². The van der Waals surface area contributed by atoms with Gasteiger partial charge in [0, 0.05) is 5.56 Å². The van der Waals surface area contributed by atoms with Gasteiger partial charge in [0.15, 0.2) is 23.3 Å². The second kappa shape index (κ2) is 9.00. The first-order valence-electron chi connectivity index (χ1n) is 7.51. The van der Waals surface area contributed by atoms with Gasteiger partial charge >= 0.3 is 0 Å². The van der Waals surface area contributed by atoms with Crippen molar-refractivity contribution in [2.24, 2.45) is 0 Å². The highest BCUT2D eigenvalue weighted by Gasteiger charge is 2.24. The van der Waals surface area contributed by atoms with E-state index in [4.69, 9.17) is 0 Å². The van der Waals surface area contributed by atoms with Crippen molar-refractivity contribution in [3.05, 3.63) is 34.6 Å². The van der Waals surface area contributed by atoms with Gasteiger partial charge in [0.25, 0.3) is 0 Å². The lowest BCUT2D eigenvalue weighted by Gasteiger charge is -2.08. The van der Waals surface area contributed by atoms with Crippen LogP contribution in [0.1, 0.15) is 63.9 Å². The fourth-order valence-corrected chi connectivity index (χ4v) is 2.31. The average molecular weight is 308 g/mol. The molecule has 1 rings (SSSR count). The summed E-state index contributed by atoms with van der Waals surface area (Å²) >= 11 is 0. The lowest BCUT2D eigenvalue weighted by molar-refractivity contribution is 0.368. The fraction of sp³-hybridized carbons (Fsp3) is 0.625. The van der Waals surface area contributed by atoms with E-state index in [2.05, 4.69) is 6.92 Å². The van der Waals surface area contributed by atoms with Gasteiger partial charge in [-0.2, -0.15) is 0 Å². The van der Waals surface area contributed by atoms with Crippen LogP contribution in [0.4, 0.5) is 22.0 Å². The van der Waals surface area contributed by atoms with E-state index in [9.17, 15) is 22.0 Å². The summed E-state index contributed by atoms with van der Waals surface area (Å²) in [4.78, 5) is 0.